The highest BCUT2D eigenvalue weighted by Crippen LogP contribution is 2.37. The molecule has 0 aliphatic rings. The van der Waals surface area contributed by atoms with Gasteiger partial charge in [-0.25, -0.2) is 5.43 Å². The Morgan fingerprint density at radius 1 is 1.06 bits per heavy atom. The molecule has 0 unspecified atom stereocenters. The Balaban J connectivity index is 1.62. The first-order chi connectivity index (χ1) is 16.0. The summed E-state index contributed by atoms with van der Waals surface area (Å²) >= 11 is 9.70. The van der Waals surface area contributed by atoms with Gasteiger partial charge in [0.05, 0.1) is 24.9 Å². The molecule has 0 aliphatic heterocycles. The molecule has 8 heteroatoms. The zero-order valence-corrected chi connectivity index (χ0v) is 20.4. The lowest BCUT2D eigenvalue weighted by atomic mass is 10.2. The van der Waals surface area contributed by atoms with Gasteiger partial charge in [-0.2, -0.15) is 5.10 Å². The molecule has 33 heavy (non-hydrogen) atoms. The molecule has 0 saturated heterocycles. The summed E-state index contributed by atoms with van der Waals surface area (Å²) in [6.07, 6.45) is 4.61. The number of nitrogens with zero attached hydrogens (tertiary/aromatic N) is 1. The van der Waals surface area contributed by atoms with Gasteiger partial charge in [0.2, 0.25) is 0 Å². The number of rotatable bonds is 9. The van der Waals surface area contributed by atoms with E-state index in [1.807, 2.05) is 54.6 Å². The third-order valence-corrected chi connectivity index (χ3v) is 5.47. The quantitative estimate of drug-likeness (QED) is 0.214. The van der Waals surface area contributed by atoms with Gasteiger partial charge in [-0.1, -0.05) is 41.9 Å². The number of hydrogen-bond acceptors (Lipinski definition) is 5. The molecule has 170 valence electrons. The molecule has 3 rings (SSSR count). The van der Waals surface area contributed by atoms with Crippen molar-refractivity contribution in [3.63, 3.8) is 0 Å². The Morgan fingerprint density at radius 2 is 1.82 bits per heavy atom. The fourth-order valence-corrected chi connectivity index (χ4v) is 3.58. The van der Waals surface area contributed by atoms with Gasteiger partial charge in [0.1, 0.15) is 12.4 Å². The molecule has 0 saturated carbocycles. The summed E-state index contributed by atoms with van der Waals surface area (Å²) in [5.74, 6) is 1.46. The van der Waals surface area contributed by atoms with E-state index in [9.17, 15) is 4.79 Å². The van der Waals surface area contributed by atoms with Crippen molar-refractivity contribution in [2.45, 2.75) is 6.61 Å². The van der Waals surface area contributed by atoms with Gasteiger partial charge in [-0.15, -0.1) is 0 Å². The molecule has 0 radical (unpaired) electrons. The smallest absolute Gasteiger partial charge is 0.264 e. The maximum Gasteiger partial charge on any atom is 0.264 e. The van der Waals surface area contributed by atoms with E-state index in [1.54, 1.807) is 26.4 Å². The van der Waals surface area contributed by atoms with E-state index < -0.39 is 0 Å². The summed E-state index contributed by atoms with van der Waals surface area (Å²) in [5, 5.41) is 4.63. The SMILES string of the molecule is COc1ccc(/C=C/C(=O)N/N=C\c2cc(Br)c(OCc3ccccc3Cl)c(OC)c2)cc1. The van der Waals surface area contributed by atoms with E-state index in [0.29, 0.717) is 33.2 Å². The summed E-state index contributed by atoms with van der Waals surface area (Å²) in [6.45, 7) is 0.290. The molecule has 1 N–H and O–H groups in total. The summed E-state index contributed by atoms with van der Waals surface area (Å²) in [7, 11) is 3.16. The third kappa shape index (κ3) is 7.10. The van der Waals surface area contributed by atoms with Crippen LogP contribution in [0.1, 0.15) is 16.7 Å². The fraction of sp³-hybridized carbons (Fsp3) is 0.120. The van der Waals surface area contributed by atoms with Gasteiger partial charge in [-0.3, -0.25) is 4.79 Å². The Morgan fingerprint density at radius 3 is 2.52 bits per heavy atom. The average Bonchev–Trinajstić information content (AvgIpc) is 2.83. The third-order valence-electron chi connectivity index (χ3n) is 4.51. The van der Waals surface area contributed by atoms with Crippen LogP contribution in [-0.2, 0) is 11.4 Å². The highest BCUT2D eigenvalue weighted by molar-refractivity contribution is 9.10. The van der Waals surface area contributed by atoms with Crippen LogP contribution in [0.3, 0.4) is 0 Å². The predicted octanol–water partition coefficient (Wildman–Crippen LogP) is 5.86. The highest BCUT2D eigenvalue weighted by Gasteiger charge is 2.12. The minimum absolute atomic E-state index is 0.290. The number of hydrogen-bond donors (Lipinski definition) is 1. The molecule has 0 aliphatic carbocycles. The highest BCUT2D eigenvalue weighted by atomic mass is 79.9. The zero-order chi connectivity index (χ0) is 23.6. The standard InChI is InChI=1S/C25H22BrClN2O4/c1-31-20-10-7-17(8-11-20)9-12-24(30)29-28-15-18-13-21(26)25(23(14-18)32-2)33-16-19-5-3-4-6-22(19)27/h3-15H,16H2,1-2H3,(H,29,30)/b12-9+,28-15-. The number of methoxy groups -OCH3 is 2. The summed E-state index contributed by atoms with van der Waals surface area (Å²) in [5.41, 5.74) is 4.91. The summed E-state index contributed by atoms with van der Waals surface area (Å²) in [6, 6.07) is 18.4. The minimum Gasteiger partial charge on any atom is -0.497 e. The molecule has 0 fully saturated rings. The molecule has 3 aromatic carbocycles. The zero-order valence-electron chi connectivity index (χ0n) is 18.0. The van der Waals surface area contributed by atoms with Crippen LogP contribution in [0.4, 0.5) is 0 Å². The molecular formula is C25H22BrClN2O4. The maximum atomic E-state index is 12.0. The number of halogens is 2. The minimum atomic E-state index is -0.354. The van der Waals surface area contributed by atoms with Gasteiger partial charge < -0.3 is 14.2 Å². The largest absolute Gasteiger partial charge is 0.497 e. The van der Waals surface area contributed by atoms with E-state index in [-0.39, 0.29) is 5.91 Å². The van der Waals surface area contributed by atoms with Gasteiger partial charge >= 0.3 is 0 Å². The van der Waals surface area contributed by atoms with Gasteiger partial charge in [0, 0.05) is 16.7 Å². The first-order valence-electron chi connectivity index (χ1n) is 9.89. The van der Waals surface area contributed by atoms with Crippen LogP contribution in [0.2, 0.25) is 5.02 Å². The van der Waals surface area contributed by atoms with Gasteiger partial charge in [0.25, 0.3) is 5.91 Å². The summed E-state index contributed by atoms with van der Waals surface area (Å²) < 4.78 is 17.2. The topological polar surface area (TPSA) is 69.2 Å². The molecule has 0 spiro atoms. The fourth-order valence-electron chi connectivity index (χ4n) is 2.81. The van der Waals surface area contributed by atoms with Gasteiger partial charge in [0.15, 0.2) is 11.5 Å². The molecule has 0 aromatic heterocycles. The van der Waals surface area contributed by atoms with Crippen LogP contribution in [0, 0.1) is 0 Å². The average molecular weight is 530 g/mol. The molecule has 0 atom stereocenters. The van der Waals surface area contributed by atoms with Crippen LogP contribution in [0.5, 0.6) is 17.2 Å². The second-order valence-corrected chi connectivity index (χ2v) is 8.02. The van der Waals surface area contributed by atoms with Crippen LogP contribution < -0.4 is 19.6 Å². The monoisotopic (exact) mass is 528 g/mol. The Bertz CT molecular complexity index is 1160. The van der Waals surface area contributed by atoms with Crippen molar-refractivity contribution in [1.82, 2.24) is 5.43 Å². The lowest BCUT2D eigenvalue weighted by Crippen LogP contribution is -2.14. The molecular weight excluding hydrogens is 508 g/mol. The second kappa shape index (κ2) is 12.1. The van der Waals surface area contributed by atoms with Gasteiger partial charge in [-0.05, 0) is 63.5 Å². The number of carbonyl (C=O) groups excluding carboxylic acids is 1. The number of carbonyl (C=O) groups is 1. The number of hydrazone groups is 1. The Kier molecular flexibility index (Phi) is 8.92. The van der Waals surface area contributed by atoms with Crippen LogP contribution in [-0.4, -0.2) is 26.3 Å². The number of benzene rings is 3. The summed E-state index contributed by atoms with van der Waals surface area (Å²) in [4.78, 5) is 12.0. The molecule has 3 aromatic rings. The number of ether oxygens (including phenoxy) is 3. The first kappa shape index (κ1) is 24.4. The lowest BCUT2D eigenvalue weighted by Gasteiger charge is -2.14. The molecule has 6 nitrogen and oxygen atoms in total. The van der Waals surface area contributed by atoms with Crippen molar-refractivity contribution >= 4 is 45.7 Å². The van der Waals surface area contributed by atoms with E-state index in [1.165, 1.54) is 12.3 Å². The predicted molar refractivity (Wildman–Crippen MR) is 134 cm³/mol. The molecule has 0 bridgehead atoms. The van der Waals surface area contributed by atoms with Crippen molar-refractivity contribution in [2.24, 2.45) is 5.10 Å². The van der Waals surface area contributed by atoms with Crippen LogP contribution >= 0.6 is 27.5 Å². The van der Waals surface area contributed by atoms with E-state index in [4.69, 9.17) is 25.8 Å². The normalized spacial score (nSPS) is 11.0. The van der Waals surface area contributed by atoms with Crippen LogP contribution in [0.15, 0.2) is 76.3 Å². The van der Waals surface area contributed by atoms with Crippen molar-refractivity contribution in [3.8, 4) is 17.2 Å². The van der Waals surface area contributed by atoms with Crippen molar-refractivity contribution in [3.05, 3.63) is 92.9 Å². The van der Waals surface area contributed by atoms with Crippen LogP contribution in [0.25, 0.3) is 6.08 Å². The Labute approximate surface area is 205 Å². The van der Waals surface area contributed by atoms with E-state index >= 15 is 0 Å². The van der Waals surface area contributed by atoms with E-state index in [2.05, 4.69) is 26.5 Å². The van der Waals surface area contributed by atoms with Crippen molar-refractivity contribution in [1.29, 1.82) is 0 Å². The van der Waals surface area contributed by atoms with Crippen molar-refractivity contribution < 1.29 is 19.0 Å². The first-order valence-corrected chi connectivity index (χ1v) is 11.1. The molecule has 1 amide bonds. The number of amides is 1. The lowest BCUT2D eigenvalue weighted by molar-refractivity contribution is -0.116. The Hall–Kier alpha value is -3.29. The number of nitrogens with one attached hydrogen (secondary N) is 1. The second-order valence-electron chi connectivity index (χ2n) is 6.75. The molecule has 0 heterocycles. The van der Waals surface area contributed by atoms with Crippen molar-refractivity contribution in [2.75, 3.05) is 14.2 Å². The van der Waals surface area contributed by atoms with E-state index in [0.717, 1.165) is 16.9 Å². The maximum absolute atomic E-state index is 12.0.